The predicted octanol–water partition coefficient (Wildman–Crippen LogP) is 6.01. The van der Waals surface area contributed by atoms with Gasteiger partial charge in [0.25, 0.3) is 0 Å². The van der Waals surface area contributed by atoms with E-state index in [9.17, 15) is 0 Å². The number of thioether (sulfide) groups is 1. The van der Waals surface area contributed by atoms with E-state index in [1.54, 1.807) is 47.5 Å². The van der Waals surface area contributed by atoms with Gasteiger partial charge in [0.1, 0.15) is 23.9 Å². The van der Waals surface area contributed by atoms with Crippen molar-refractivity contribution in [1.29, 1.82) is 0 Å². The molecule has 0 aliphatic carbocycles. The van der Waals surface area contributed by atoms with E-state index >= 15 is 0 Å². The van der Waals surface area contributed by atoms with E-state index < -0.39 is 0 Å². The van der Waals surface area contributed by atoms with Gasteiger partial charge < -0.3 is 13.6 Å². The summed E-state index contributed by atoms with van der Waals surface area (Å²) in [6.45, 7) is 2.28. The fraction of sp³-hybridized carbons (Fsp3) is 0.150. The molecule has 30 heavy (non-hydrogen) atoms. The molecule has 3 heterocycles. The molecule has 0 spiro atoms. The summed E-state index contributed by atoms with van der Waals surface area (Å²) < 4.78 is 18.5. The van der Waals surface area contributed by atoms with Crippen LogP contribution in [0.25, 0.3) is 11.6 Å². The van der Waals surface area contributed by atoms with Crippen LogP contribution in [0.2, 0.25) is 10.0 Å². The molecule has 4 aromatic rings. The van der Waals surface area contributed by atoms with Crippen molar-refractivity contribution in [1.82, 2.24) is 14.9 Å². The Hall–Kier alpha value is -2.68. The molecule has 3 aromatic heterocycles. The second-order valence-corrected chi connectivity index (χ2v) is 7.99. The van der Waals surface area contributed by atoms with Gasteiger partial charge in [-0.25, -0.2) is 0 Å². The van der Waals surface area contributed by atoms with Gasteiger partial charge in [-0.1, -0.05) is 41.9 Å². The van der Waals surface area contributed by atoms with Crippen LogP contribution >= 0.6 is 35.0 Å². The molecule has 0 atom stereocenters. The summed E-state index contributed by atoms with van der Waals surface area (Å²) >= 11 is 13.4. The van der Waals surface area contributed by atoms with Gasteiger partial charge in [0, 0.05) is 6.07 Å². The molecule has 0 aliphatic heterocycles. The Morgan fingerprint density at radius 3 is 2.83 bits per heavy atom. The second kappa shape index (κ2) is 9.42. The molecule has 1 aromatic carbocycles. The highest BCUT2D eigenvalue weighted by atomic mass is 35.5. The zero-order valence-electron chi connectivity index (χ0n) is 15.8. The SMILES string of the molecule is CCSc1nnc(-c2ccco2)n1N=Cc1ccc(COc2ccc(Cl)c(Cl)c2)o1. The Balaban J connectivity index is 1.48. The fourth-order valence-electron chi connectivity index (χ4n) is 2.53. The summed E-state index contributed by atoms with van der Waals surface area (Å²) in [6.07, 6.45) is 3.18. The quantitative estimate of drug-likeness (QED) is 0.235. The van der Waals surface area contributed by atoms with Crippen LogP contribution in [0.15, 0.2) is 67.8 Å². The smallest absolute Gasteiger partial charge is 0.221 e. The zero-order chi connectivity index (χ0) is 20.9. The number of aromatic nitrogens is 3. The van der Waals surface area contributed by atoms with E-state index in [-0.39, 0.29) is 6.61 Å². The van der Waals surface area contributed by atoms with E-state index in [0.717, 1.165) is 5.75 Å². The largest absolute Gasteiger partial charge is 0.486 e. The Bertz CT molecular complexity index is 1150. The van der Waals surface area contributed by atoms with E-state index in [2.05, 4.69) is 15.3 Å². The van der Waals surface area contributed by atoms with Crippen molar-refractivity contribution in [2.45, 2.75) is 18.7 Å². The molecule has 0 aliphatic rings. The summed E-state index contributed by atoms with van der Waals surface area (Å²) in [5.74, 6) is 3.74. The Labute approximate surface area is 186 Å². The number of furan rings is 2. The summed E-state index contributed by atoms with van der Waals surface area (Å²) in [5, 5.41) is 14.4. The molecular formula is C20H16Cl2N4O3S. The third-order valence-electron chi connectivity index (χ3n) is 3.88. The van der Waals surface area contributed by atoms with Crippen molar-refractivity contribution in [2.75, 3.05) is 5.75 Å². The Morgan fingerprint density at radius 1 is 1.17 bits per heavy atom. The normalized spacial score (nSPS) is 11.4. The van der Waals surface area contributed by atoms with Crippen molar-refractivity contribution in [3.05, 3.63) is 70.3 Å². The molecule has 0 saturated carbocycles. The molecule has 0 fully saturated rings. The van der Waals surface area contributed by atoms with Crippen LogP contribution in [0.4, 0.5) is 0 Å². The lowest BCUT2D eigenvalue weighted by atomic mass is 10.3. The van der Waals surface area contributed by atoms with Gasteiger partial charge in [-0.05, 0) is 42.2 Å². The fourth-order valence-corrected chi connectivity index (χ4v) is 3.43. The van der Waals surface area contributed by atoms with Crippen LogP contribution in [-0.4, -0.2) is 26.8 Å². The van der Waals surface area contributed by atoms with Gasteiger partial charge >= 0.3 is 0 Å². The number of halogens is 2. The molecule has 0 bridgehead atoms. The lowest BCUT2D eigenvalue weighted by Crippen LogP contribution is -1.96. The highest BCUT2D eigenvalue weighted by Crippen LogP contribution is 2.27. The molecule has 0 radical (unpaired) electrons. The lowest BCUT2D eigenvalue weighted by molar-refractivity contribution is 0.270. The molecule has 154 valence electrons. The number of nitrogens with zero attached hydrogens (tertiary/aromatic N) is 4. The van der Waals surface area contributed by atoms with Crippen molar-refractivity contribution < 1.29 is 13.6 Å². The van der Waals surface area contributed by atoms with Crippen LogP contribution in [0, 0.1) is 0 Å². The van der Waals surface area contributed by atoms with Crippen LogP contribution in [0.1, 0.15) is 18.4 Å². The molecule has 0 unspecified atom stereocenters. The van der Waals surface area contributed by atoms with E-state index in [1.807, 2.05) is 19.1 Å². The molecule has 0 N–H and O–H groups in total. The average Bonchev–Trinajstić information content (AvgIpc) is 3.48. The van der Waals surface area contributed by atoms with Gasteiger partial charge in [-0.3, -0.25) is 0 Å². The van der Waals surface area contributed by atoms with E-state index in [0.29, 0.717) is 44.1 Å². The van der Waals surface area contributed by atoms with Gasteiger partial charge in [-0.2, -0.15) is 9.78 Å². The van der Waals surface area contributed by atoms with Gasteiger partial charge in [0.2, 0.25) is 11.0 Å². The van der Waals surface area contributed by atoms with Crippen LogP contribution in [-0.2, 0) is 6.61 Å². The van der Waals surface area contributed by atoms with Gasteiger partial charge in [0.05, 0.1) is 22.5 Å². The van der Waals surface area contributed by atoms with Crippen LogP contribution < -0.4 is 4.74 Å². The summed E-state index contributed by atoms with van der Waals surface area (Å²) in [4.78, 5) is 0. The third-order valence-corrected chi connectivity index (χ3v) is 5.42. The topological polar surface area (TPSA) is 78.6 Å². The maximum absolute atomic E-state index is 6.00. The average molecular weight is 463 g/mol. The minimum Gasteiger partial charge on any atom is -0.486 e. The monoisotopic (exact) mass is 462 g/mol. The first kappa shape index (κ1) is 20.6. The van der Waals surface area contributed by atoms with Crippen molar-refractivity contribution >= 4 is 41.2 Å². The summed E-state index contributed by atoms with van der Waals surface area (Å²) in [5.41, 5.74) is 0. The standard InChI is InChI=1S/C20H16Cl2N4O3S/c1-2-30-20-25-24-19(18-4-3-9-27-18)26(20)23-11-14-5-6-15(29-14)12-28-13-7-8-16(21)17(22)10-13/h3-11H,2,12H2,1H3. The predicted molar refractivity (Wildman–Crippen MR) is 117 cm³/mol. The van der Waals surface area contributed by atoms with Crippen molar-refractivity contribution in [3.63, 3.8) is 0 Å². The highest BCUT2D eigenvalue weighted by molar-refractivity contribution is 7.99. The van der Waals surface area contributed by atoms with Gasteiger partial charge in [-0.15, -0.1) is 10.2 Å². The second-order valence-electron chi connectivity index (χ2n) is 5.94. The molecular weight excluding hydrogens is 447 g/mol. The van der Waals surface area contributed by atoms with Crippen LogP contribution in [0.3, 0.4) is 0 Å². The molecule has 7 nitrogen and oxygen atoms in total. The first-order valence-corrected chi connectivity index (χ1v) is 10.7. The first-order valence-electron chi connectivity index (χ1n) is 8.97. The number of hydrogen-bond acceptors (Lipinski definition) is 7. The maximum atomic E-state index is 6.00. The lowest BCUT2D eigenvalue weighted by Gasteiger charge is -2.05. The Morgan fingerprint density at radius 2 is 2.07 bits per heavy atom. The number of hydrogen-bond donors (Lipinski definition) is 0. The van der Waals surface area contributed by atoms with E-state index in [1.165, 1.54) is 11.8 Å². The summed E-state index contributed by atoms with van der Waals surface area (Å²) in [6, 6.07) is 12.3. The Kier molecular flexibility index (Phi) is 6.47. The molecule has 0 saturated heterocycles. The minimum absolute atomic E-state index is 0.243. The number of ether oxygens (including phenoxy) is 1. The number of benzene rings is 1. The summed E-state index contributed by atoms with van der Waals surface area (Å²) in [7, 11) is 0. The molecule has 0 amide bonds. The first-order chi connectivity index (χ1) is 14.6. The van der Waals surface area contributed by atoms with E-state index in [4.69, 9.17) is 36.8 Å². The number of rotatable bonds is 8. The van der Waals surface area contributed by atoms with Crippen molar-refractivity contribution in [3.8, 4) is 17.3 Å². The van der Waals surface area contributed by atoms with Crippen LogP contribution in [0.5, 0.6) is 5.75 Å². The molecule has 10 heteroatoms. The van der Waals surface area contributed by atoms with Gasteiger partial charge in [0.15, 0.2) is 5.76 Å². The molecule has 4 rings (SSSR count). The highest BCUT2D eigenvalue weighted by Gasteiger charge is 2.15. The van der Waals surface area contributed by atoms with Crippen molar-refractivity contribution in [2.24, 2.45) is 5.10 Å². The third kappa shape index (κ3) is 4.72. The minimum atomic E-state index is 0.243. The zero-order valence-corrected chi connectivity index (χ0v) is 18.1. The maximum Gasteiger partial charge on any atom is 0.221 e.